The van der Waals surface area contributed by atoms with E-state index < -0.39 is 15.8 Å². The Bertz CT molecular complexity index is 2100. The van der Waals surface area contributed by atoms with Gasteiger partial charge in [-0.25, -0.2) is 0 Å². The molecule has 0 unspecified atom stereocenters. The van der Waals surface area contributed by atoms with Crippen LogP contribution < -0.4 is 10.6 Å². The van der Waals surface area contributed by atoms with Crippen LogP contribution in [-0.4, -0.2) is 5.78 Å². The fraction of sp³-hybridized carbons (Fsp3) is 0.178. The van der Waals surface area contributed by atoms with Crippen molar-refractivity contribution in [3.05, 3.63) is 57.6 Å². The molecule has 0 saturated heterocycles. The number of carbonyl (C=O) groups is 1. The molecule has 0 spiro atoms. The van der Waals surface area contributed by atoms with Gasteiger partial charge in [0.05, 0.1) is 15.8 Å². The highest BCUT2D eigenvalue weighted by atomic mass is 31.1. The van der Waals surface area contributed by atoms with Crippen LogP contribution in [0.25, 0.3) is 0 Å². The van der Waals surface area contributed by atoms with Crippen molar-refractivity contribution in [2.24, 2.45) is 0 Å². The number of terminal acetylenes is 4. The van der Waals surface area contributed by atoms with E-state index in [1.54, 1.807) is 0 Å². The van der Waals surface area contributed by atoms with Gasteiger partial charge in [0.1, 0.15) is 0 Å². The summed E-state index contributed by atoms with van der Waals surface area (Å²) in [4.78, 5) is 15.4. The molecule has 2 aliphatic rings. The van der Waals surface area contributed by atoms with E-state index in [0.29, 0.717) is 11.1 Å². The van der Waals surface area contributed by atoms with E-state index in [9.17, 15) is 0 Å². The van der Waals surface area contributed by atoms with Gasteiger partial charge in [0.15, 0.2) is 5.78 Å². The number of fused-ring (bicyclic) bond motifs is 2. The van der Waals surface area contributed by atoms with Crippen LogP contribution in [0.3, 0.4) is 0 Å². The van der Waals surface area contributed by atoms with Crippen molar-refractivity contribution in [3.8, 4) is 143 Å². The Morgan fingerprint density at radius 3 is 1.12 bits per heavy atom. The van der Waals surface area contributed by atoms with E-state index in [2.05, 4.69) is 130 Å². The van der Waals surface area contributed by atoms with E-state index in [1.165, 1.54) is 0 Å². The maximum atomic E-state index is 15.4. The van der Waals surface area contributed by atoms with Crippen molar-refractivity contribution in [1.82, 2.24) is 0 Å². The fourth-order valence-electron chi connectivity index (χ4n) is 5.54. The Balaban J connectivity index is 2.06. The summed E-state index contributed by atoms with van der Waals surface area (Å²) in [6.45, 7) is 0. The number of hydrogen-bond donors (Lipinski definition) is 0. The molecule has 0 saturated carbocycles. The highest BCUT2D eigenvalue weighted by molar-refractivity contribution is 7.75. The molecular formula is C45H24OP2. The van der Waals surface area contributed by atoms with Crippen LogP contribution in [0.15, 0.2) is 24.3 Å². The van der Waals surface area contributed by atoms with Crippen LogP contribution in [0.4, 0.5) is 0 Å². The van der Waals surface area contributed by atoms with Crippen molar-refractivity contribution in [3.63, 3.8) is 0 Å². The fourth-order valence-corrected chi connectivity index (χ4v) is 8.17. The van der Waals surface area contributed by atoms with Crippen molar-refractivity contribution in [1.29, 1.82) is 0 Å². The van der Waals surface area contributed by atoms with Gasteiger partial charge >= 0.3 is 0 Å². The van der Waals surface area contributed by atoms with Gasteiger partial charge in [-0.05, 0) is 191 Å². The summed E-state index contributed by atoms with van der Waals surface area (Å²) in [6, 6.07) is 8.16. The minimum atomic E-state index is -1.52. The van der Waals surface area contributed by atoms with Gasteiger partial charge in [0.2, 0.25) is 0 Å². The number of ketones is 1. The molecule has 0 N–H and O–H groups in total. The third-order valence-electron chi connectivity index (χ3n) is 7.42. The number of benzene rings is 2. The van der Waals surface area contributed by atoms with E-state index in [4.69, 9.17) is 25.7 Å². The van der Waals surface area contributed by atoms with Crippen molar-refractivity contribution in [2.75, 3.05) is 0 Å². The number of hydrogen-bond acceptors (Lipinski definition) is 1. The molecule has 0 radical (unpaired) electrons. The molecule has 0 atom stereocenters. The summed E-state index contributed by atoms with van der Waals surface area (Å²) in [6.07, 6.45) is 28.6. The third-order valence-corrected chi connectivity index (χ3v) is 10.5. The molecule has 1 nitrogen and oxygen atoms in total. The first-order chi connectivity index (χ1) is 23.6. The van der Waals surface area contributed by atoms with Gasteiger partial charge < -0.3 is 0 Å². The van der Waals surface area contributed by atoms with Crippen molar-refractivity contribution in [2.45, 2.75) is 51.4 Å². The zero-order valence-corrected chi connectivity index (χ0v) is 27.9. The maximum absolute atomic E-state index is 15.4. The zero-order chi connectivity index (χ0) is 34.0. The van der Waals surface area contributed by atoms with E-state index in [-0.39, 0.29) is 5.78 Å². The normalized spacial score (nSPS) is 11.0. The Hall–Kier alpha value is -6.31. The molecule has 0 bridgehead atoms. The predicted molar refractivity (Wildman–Crippen MR) is 200 cm³/mol. The summed E-state index contributed by atoms with van der Waals surface area (Å²) in [5.74, 6) is 41.2. The lowest BCUT2D eigenvalue weighted by molar-refractivity contribution is 0.103. The Labute approximate surface area is 288 Å². The molecule has 0 heterocycles. The molecule has 2 aromatic rings. The average Bonchev–Trinajstić information content (AvgIpc) is 3.12. The van der Waals surface area contributed by atoms with E-state index in [0.717, 1.165) is 84.2 Å². The minimum absolute atomic E-state index is 0.0847. The second-order valence-corrected chi connectivity index (χ2v) is 13.3. The summed E-state index contributed by atoms with van der Waals surface area (Å²) in [7, 11) is -3.04. The molecule has 220 valence electrons. The van der Waals surface area contributed by atoms with Gasteiger partial charge in [0.25, 0.3) is 0 Å². The van der Waals surface area contributed by atoms with Crippen molar-refractivity contribution < 1.29 is 4.79 Å². The van der Waals surface area contributed by atoms with Crippen LogP contribution in [0.1, 0.15) is 63.9 Å². The minimum Gasteiger partial charge on any atom is -0.289 e. The highest BCUT2D eigenvalue weighted by Gasteiger charge is 2.31. The molecule has 2 aromatic carbocycles. The van der Waals surface area contributed by atoms with Crippen LogP contribution in [-0.2, 0) is 25.7 Å². The second-order valence-electron chi connectivity index (χ2n) is 10.1. The molecule has 0 aromatic heterocycles. The number of carbonyl (C=O) groups excluding carboxylic acids is 1. The van der Waals surface area contributed by atoms with Gasteiger partial charge in [-0.1, -0.05) is 24.3 Å². The average molecular weight is 643 g/mol. The Kier molecular flexibility index (Phi) is 13.4. The molecule has 4 rings (SSSR count). The summed E-state index contributed by atoms with van der Waals surface area (Å²) in [5, 5.41) is 1.50. The standard InChI is InChI=1S/C45H24OP2/c1-5-9-13-21-33-47(34-22-14-10-6-2)41-31-29-37-25-17-19-27-39(37)43(41)45(46)44-40-28-20-18-26-38(40)30-32-42(44)48(35-23-15-11-7-3)36-24-16-12-8-4/h1-4,29-32H,17-20,25-28H2. The van der Waals surface area contributed by atoms with Crippen LogP contribution in [0.2, 0.25) is 0 Å². The monoisotopic (exact) mass is 642 g/mol. The smallest absolute Gasteiger partial charge is 0.195 e. The first kappa shape index (κ1) is 34.6. The Morgan fingerprint density at radius 2 is 0.792 bits per heavy atom. The third kappa shape index (κ3) is 8.90. The second kappa shape index (κ2) is 18.6. The maximum Gasteiger partial charge on any atom is 0.195 e. The number of rotatable bonds is 4. The quantitative estimate of drug-likeness (QED) is 0.252. The first-order valence-electron chi connectivity index (χ1n) is 14.9. The summed E-state index contributed by atoms with van der Waals surface area (Å²) in [5.41, 5.74) is 18.4. The molecule has 48 heavy (non-hydrogen) atoms. The van der Waals surface area contributed by atoms with Gasteiger partial charge in [-0.15, -0.1) is 25.7 Å². The summed E-state index contributed by atoms with van der Waals surface area (Å²) < 4.78 is 0. The lowest BCUT2D eigenvalue weighted by atomic mass is 9.82. The molecule has 3 heteroatoms. The SMILES string of the molecule is C#CC#CC#CP(C#CC#CC#C)c1ccc2c(c1C(=O)c1c(P(C#CC#CC#C)C#CC#CC#C)ccc3c1CCCC3)CCCC2. The van der Waals surface area contributed by atoms with Crippen LogP contribution in [0.5, 0.6) is 0 Å². The van der Waals surface area contributed by atoms with Gasteiger partial charge in [-0.3, -0.25) is 4.79 Å². The summed E-state index contributed by atoms with van der Waals surface area (Å²) >= 11 is 0. The Morgan fingerprint density at radius 1 is 0.458 bits per heavy atom. The largest absolute Gasteiger partial charge is 0.289 e. The van der Waals surface area contributed by atoms with Gasteiger partial charge in [-0.2, -0.15) is 0 Å². The molecule has 0 aliphatic heterocycles. The lowest BCUT2D eigenvalue weighted by Crippen LogP contribution is -2.27. The van der Waals surface area contributed by atoms with Crippen LogP contribution in [0, 0.1) is 143 Å². The lowest BCUT2D eigenvalue weighted by Gasteiger charge is -2.26. The number of aryl methyl sites for hydroxylation is 2. The molecule has 0 amide bonds. The topological polar surface area (TPSA) is 17.1 Å². The predicted octanol–water partition coefficient (Wildman–Crippen LogP) is 5.28. The highest BCUT2D eigenvalue weighted by Crippen LogP contribution is 2.40. The molecule has 2 aliphatic carbocycles. The first-order valence-corrected chi connectivity index (χ1v) is 17.6. The zero-order valence-electron chi connectivity index (χ0n) is 26.1. The molecular weight excluding hydrogens is 618 g/mol. The van der Waals surface area contributed by atoms with E-state index in [1.807, 2.05) is 12.1 Å². The van der Waals surface area contributed by atoms with Crippen LogP contribution >= 0.6 is 15.8 Å². The van der Waals surface area contributed by atoms with E-state index >= 15 is 4.79 Å². The van der Waals surface area contributed by atoms with Gasteiger partial charge in [0, 0.05) is 21.7 Å². The van der Waals surface area contributed by atoms with Crippen molar-refractivity contribution >= 4 is 32.2 Å². The molecule has 0 fully saturated rings.